The Hall–Kier alpha value is -3.35. The minimum absolute atomic E-state index is 0.231. The number of allylic oxidation sites excluding steroid dienone is 1. The first kappa shape index (κ1) is 29.2. The first-order chi connectivity index (χ1) is 18.3. The molecule has 6 heteroatoms. The Bertz CT molecular complexity index is 1110. The monoisotopic (exact) mass is 520 g/mol. The van der Waals surface area contributed by atoms with Crippen LogP contribution >= 0.6 is 0 Å². The van der Waals surface area contributed by atoms with Gasteiger partial charge in [-0.1, -0.05) is 30.3 Å². The lowest BCUT2D eigenvalue weighted by Gasteiger charge is -2.16. The van der Waals surface area contributed by atoms with Crippen molar-refractivity contribution < 1.29 is 18.6 Å². The molecule has 0 saturated heterocycles. The number of ether oxygens (including phenoxy) is 3. The second-order valence-corrected chi connectivity index (χ2v) is 9.91. The Morgan fingerprint density at radius 1 is 0.684 bits per heavy atom. The summed E-state index contributed by atoms with van der Waals surface area (Å²) in [6.07, 6.45) is 1.93. The minimum Gasteiger partial charge on any atom is -0.494 e. The molecule has 3 aromatic carbocycles. The van der Waals surface area contributed by atoms with Crippen LogP contribution in [-0.2, 0) is 0 Å². The van der Waals surface area contributed by atoms with Crippen LogP contribution in [0.1, 0.15) is 36.5 Å². The third-order valence-corrected chi connectivity index (χ3v) is 6.28. The summed E-state index contributed by atoms with van der Waals surface area (Å²) < 4.78 is 31.6. The van der Waals surface area contributed by atoms with Crippen molar-refractivity contribution in [3.63, 3.8) is 0 Å². The van der Waals surface area contributed by atoms with E-state index in [0.29, 0.717) is 13.2 Å². The van der Waals surface area contributed by atoms with Gasteiger partial charge >= 0.3 is 0 Å². The van der Waals surface area contributed by atoms with E-state index in [1.165, 1.54) is 13.2 Å². The highest BCUT2D eigenvalue weighted by Gasteiger charge is 2.14. The van der Waals surface area contributed by atoms with Gasteiger partial charge in [-0.05, 0) is 112 Å². The van der Waals surface area contributed by atoms with Crippen molar-refractivity contribution in [2.24, 2.45) is 0 Å². The molecule has 0 radical (unpaired) electrons. The van der Waals surface area contributed by atoms with Gasteiger partial charge in [0.05, 0.1) is 20.3 Å². The van der Waals surface area contributed by atoms with E-state index in [-0.39, 0.29) is 11.6 Å². The zero-order valence-electron chi connectivity index (χ0n) is 23.6. The Labute approximate surface area is 227 Å². The van der Waals surface area contributed by atoms with Gasteiger partial charge in [0, 0.05) is 13.1 Å². The molecule has 0 aromatic heterocycles. The lowest BCUT2D eigenvalue weighted by atomic mass is 9.90. The molecule has 0 aliphatic heterocycles. The number of benzene rings is 3. The van der Waals surface area contributed by atoms with Crippen molar-refractivity contribution in [2.75, 3.05) is 61.6 Å². The molecule has 3 rings (SSSR count). The fourth-order valence-corrected chi connectivity index (χ4v) is 4.22. The van der Waals surface area contributed by atoms with E-state index >= 15 is 0 Å². The molecular weight excluding hydrogens is 479 g/mol. The van der Waals surface area contributed by atoms with Crippen LogP contribution in [-0.4, -0.2) is 71.4 Å². The van der Waals surface area contributed by atoms with Crippen LogP contribution in [0.5, 0.6) is 17.2 Å². The Balaban J connectivity index is 1.89. The van der Waals surface area contributed by atoms with Gasteiger partial charge in [0.2, 0.25) is 0 Å². The fraction of sp³-hybridized carbons (Fsp3) is 0.375. The summed E-state index contributed by atoms with van der Waals surface area (Å²) in [6.45, 7) is 5.32. The van der Waals surface area contributed by atoms with Crippen LogP contribution in [0.15, 0.2) is 66.7 Å². The van der Waals surface area contributed by atoms with Crippen LogP contribution in [0, 0.1) is 5.82 Å². The third-order valence-electron chi connectivity index (χ3n) is 6.28. The zero-order valence-corrected chi connectivity index (χ0v) is 23.6. The summed E-state index contributed by atoms with van der Waals surface area (Å²) in [4.78, 5) is 4.29. The van der Waals surface area contributed by atoms with Gasteiger partial charge in [0.15, 0.2) is 11.6 Å². The number of halogens is 1. The number of hydrogen-bond donors (Lipinski definition) is 0. The summed E-state index contributed by atoms with van der Waals surface area (Å²) >= 11 is 0. The first-order valence-corrected chi connectivity index (χ1v) is 13.1. The van der Waals surface area contributed by atoms with E-state index in [9.17, 15) is 4.39 Å². The quantitative estimate of drug-likeness (QED) is 0.180. The highest BCUT2D eigenvalue weighted by molar-refractivity contribution is 5.98. The minimum atomic E-state index is -0.383. The standard InChI is InChI=1S/C32H41FN2O3/c1-24(27-13-18-31(36-6)30(33)23-27)32(25-9-14-28(15-10-25)37-21-7-19-34(2)3)26-11-16-29(17-12-26)38-22-8-20-35(4)5/h9-18,23H,7-8,19-22H2,1-6H3. The molecule has 0 saturated carbocycles. The van der Waals surface area contributed by atoms with Crippen LogP contribution in [0.4, 0.5) is 4.39 Å². The normalized spacial score (nSPS) is 11.1. The summed E-state index contributed by atoms with van der Waals surface area (Å²) in [6, 6.07) is 21.3. The van der Waals surface area contributed by atoms with E-state index in [1.807, 2.05) is 37.3 Å². The molecule has 0 atom stereocenters. The van der Waals surface area contributed by atoms with Crippen molar-refractivity contribution in [3.05, 3.63) is 89.2 Å². The molecule has 5 nitrogen and oxygen atoms in total. The Morgan fingerprint density at radius 2 is 1.13 bits per heavy atom. The van der Waals surface area contributed by atoms with Crippen LogP contribution in [0.25, 0.3) is 11.1 Å². The summed E-state index contributed by atoms with van der Waals surface area (Å²) in [5.41, 5.74) is 4.84. The molecular formula is C32H41FN2O3. The van der Waals surface area contributed by atoms with Gasteiger partial charge in [-0.3, -0.25) is 0 Å². The molecule has 204 valence electrons. The van der Waals surface area contributed by atoms with Crippen molar-refractivity contribution >= 4 is 11.1 Å². The zero-order chi connectivity index (χ0) is 27.5. The smallest absolute Gasteiger partial charge is 0.165 e. The topological polar surface area (TPSA) is 34.2 Å². The molecule has 0 spiro atoms. The van der Waals surface area contributed by atoms with Crippen molar-refractivity contribution in [1.29, 1.82) is 0 Å². The molecule has 0 N–H and O–H groups in total. The van der Waals surface area contributed by atoms with E-state index in [4.69, 9.17) is 14.2 Å². The average Bonchev–Trinajstić information content (AvgIpc) is 2.90. The molecule has 3 aromatic rings. The number of rotatable bonds is 14. The summed E-state index contributed by atoms with van der Waals surface area (Å²) in [5.74, 6) is 1.52. The number of methoxy groups -OCH3 is 1. The summed E-state index contributed by atoms with van der Waals surface area (Å²) in [7, 11) is 9.71. The molecule has 38 heavy (non-hydrogen) atoms. The van der Waals surface area contributed by atoms with E-state index in [2.05, 4.69) is 62.3 Å². The number of nitrogens with zero attached hydrogens (tertiary/aromatic N) is 2. The molecule has 0 unspecified atom stereocenters. The highest BCUT2D eigenvalue weighted by atomic mass is 19.1. The van der Waals surface area contributed by atoms with Crippen LogP contribution in [0.3, 0.4) is 0 Å². The maximum absolute atomic E-state index is 14.6. The second-order valence-electron chi connectivity index (χ2n) is 9.91. The van der Waals surface area contributed by atoms with E-state index < -0.39 is 0 Å². The predicted molar refractivity (Wildman–Crippen MR) is 155 cm³/mol. The van der Waals surface area contributed by atoms with E-state index in [1.54, 1.807) is 6.07 Å². The molecule has 0 bridgehead atoms. The van der Waals surface area contributed by atoms with Gasteiger partial charge in [0.25, 0.3) is 0 Å². The molecule has 0 heterocycles. The fourth-order valence-electron chi connectivity index (χ4n) is 4.22. The highest BCUT2D eigenvalue weighted by Crippen LogP contribution is 2.35. The molecule has 0 fully saturated rings. The first-order valence-electron chi connectivity index (χ1n) is 13.1. The van der Waals surface area contributed by atoms with Crippen LogP contribution in [0.2, 0.25) is 0 Å². The predicted octanol–water partition coefficient (Wildman–Crippen LogP) is 6.47. The largest absolute Gasteiger partial charge is 0.494 e. The van der Waals surface area contributed by atoms with Crippen molar-refractivity contribution in [3.8, 4) is 17.2 Å². The second kappa shape index (κ2) is 14.6. The maximum atomic E-state index is 14.6. The molecule has 0 aliphatic rings. The number of hydrogen-bond acceptors (Lipinski definition) is 5. The van der Waals surface area contributed by atoms with Crippen LogP contribution < -0.4 is 14.2 Å². The lowest BCUT2D eigenvalue weighted by molar-refractivity contribution is 0.281. The molecule has 0 amide bonds. The van der Waals surface area contributed by atoms with Crippen molar-refractivity contribution in [2.45, 2.75) is 19.8 Å². The van der Waals surface area contributed by atoms with Gasteiger partial charge in [0.1, 0.15) is 11.5 Å². The van der Waals surface area contributed by atoms with Gasteiger partial charge in [-0.25, -0.2) is 4.39 Å². The molecule has 0 aliphatic carbocycles. The van der Waals surface area contributed by atoms with Crippen molar-refractivity contribution in [1.82, 2.24) is 9.80 Å². The summed E-state index contributed by atoms with van der Waals surface area (Å²) in [5, 5.41) is 0. The van der Waals surface area contributed by atoms with Gasteiger partial charge in [-0.2, -0.15) is 0 Å². The van der Waals surface area contributed by atoms with Gasteiger partial charge < -0.3 is 24.0 Å². The Kier molecular flexibility index (Phi) is 11.2. The SMILES string of the molecule is COc1ccc(C(C)=C(c2ccc(OCCCN(C)C)cc2)c2ccc(OCCCN(C)C)cc2)cc1F. The van der Waals surface area contributed by atoms with Gasteiger partial charge in [-0.15, -0.1) is 0 Å². The average molecular weight is 521 g/mol. The maximum Gasteiger partial charge on any atom is 0.165 e. The lowest BCUT2D eigenvalue weighted by Crippen LogP contribution is -2.15. The van der Waals surface area contributed by atoms with E-state index in [0.717, 1.165) is 65.3 Å². The Morgan fingerprint density at radius 3 is 1.53 bits per heavy atom. The third kappa shape index (κ3) is 8.61.